The Kier molecular flexibility index (Phi) is 5.78. The summed E-state index contributed by atoms with van der Waals surface area (Å²) in [7, 11) is 0. The zero-order valence-corrected chi connectivity index (χ0v) is 19.0. The number of hydrogen-bond donors (Lipinski definition) is 1. The van der Waals surface area contributed by atoms with E-state index in [9.17, 15) is 36.2 Å². The van der Waals surface area contributed by atoms with Crippen LogP contribution in [0.2, 0.25) is 0 Å². The first-order valence-corrected chi connectivity index (χ1v) is 10.9. The van der Waals surface area contributed by atoms with Gasteiger partial charge in [0.1, 0.15) is 5.60 Å². The normalized spacial score (nSPS) is 33.5. The maximum absolute atomic E-state index is 13.1. The van der Waals surface area contributed by atoms with Crippen molar-refractivity contribution in [2.24, 2.45) is 22.7 Å². The molecule has 4 rings (SSSR count). The third-order valence-electron chi connectivity index (χ3n) is 7.79. The van der Waals surface area contributed by atoms with Gasteiger partial charge in [-0.05, 0) is 85.0 Å². The van der Waals surface area contributed by atoms with Gasteiger partial charge in [0.25, 0.3) is 5.60 Å². The lowest BCUT2D eigenvalue weighted by molar-refractivity contribution is -0.386. The Bertz CT molecular complexity index is 721. The number of halogens is 6. The number of alkyl halides is 6. The second-order valence-corrected chi connectivity index (χ2v) is 11.7. The van der Waals surface area contributed by atoms with Crippen molar-refractivity contribution in [2.75, 3.05) is 6.61 Å². The minimum Gasteiger partial charge on any atom is -0.459 e. The van der Waals surface area contributed by atoms with E-state index in [0.717, 1.165) is 6.42 Å². The van der Waals surface area contributed by atoms with Gasteiger partial charge in [0.15, 0.2) is 0 Å². The van der Waals surface area contributed by atoms with Crippen LogP contribution in [0.5, 0.6) is 0 Å². The third kappa shape index (κ3) is 4.14. The van der Waals surface area contributed by atoms with E-state index in [1.807, 2.05) is 0 Å². The molecule has 4 fully saturated rings. The average Bonchev–Trinajstić information content (AvgIpc) is 2.55. The van der Waals surface area contributed by atoms with Gasteiger partial charge in [-0.1, -0.05) is 0 Å². The number of carbonyl (C=O) groups is 1. The molecule has 0 amide bonds. The molecule has 4 saturated carbocycles. The van der Waals surface area contributed by atoms with Crippen LogP contribution in [0, 0.1) is 22.7 Å². The van der Waals surface area contributed by atoms with Gasteiger partial charge in [0.2, 0.25) is 0 Å². The lowest BCUT2D eigenvalue weighted by atomic mass is 9.44. The Labute approximate surface area is 184 Å². The fourth-order valence-electron chi connectivity index (χ4n) is 6.11. The van der Waals surface area contributed by atoms with Crippen molar-refractivity contribution in [3.8, 4) is 0 Å². The summed E-state index contributed by atoms with van der Waals surface area (Å²) in [5, 5.41) is 9.54. The molecule has 0 saturated heterocycles. The Morgan fingerprint density at radius 1 is 0.906 bits per heavy atom. The zero-order valence-electron chi connectivity index (χ0n) is 19.0. The van der Waals surface area contributed by atoms with Crippen LogP contribution in [0.3, 0.4) is 0 Å². The van der Waals surface area contributed by atoms with Crippen LogP contribution in [0.25, 0.3) is 0 Å². The Balaban J connectivity index is 1.87. The molecule has 4 aliphatic rings. The fraction of sp³-hybridized carbons (Fsp3) is 0.955. The van der Waals surface area contributed by atoms with Crippen molar-refractivity contribution in [3.05, 3.63) is 0 Å². The van der Waals surface area contributed by atoms with Crippen LogP contribution in [-0.4, -0.2) is 46.8 Å². The highest BCUT2D eigenvalue weighted by Gasteiger charge is 2.72. The van der Waals surface area contributed by atoms with Gasteiger partial charge < -0.3 is 14.6 Å². The highest BCUT2D eigenvalue weighted by Crippen LogP contribution is 2.67. The molecule has 2 atom stereocenters. The lowest BCUT2D eigenvalue weighted by Gasteiger charge is -2.65. The Hall–Kier alpha value is -1.03. The first-order valence-electron chi connectivity index (χ1n) is 10.9. The summed E-state index contributed by atoms with van der Waals surface area (Å²) >= 11 is 0. The standard InChI is InChI=1S/C22H32F6O4/c1-16(2,3)15(29)32-19-9-13-6-14(10-19)8-18(7-13,11-19)17(4,5)31-12-20(30,21(23,24)25)22(26,27)28/h13-14,30H,6-12H2,1-5H3. The summed E-state index contributed by atoms with van der Waals surface area (Å²) in [6.45, 7) is 6.20. The van der Waals surface area contributed by atoms with Gasteiger partial charge in [0, 0.05) is 5.41 Å². The van der Waals surface area contributed by atoms with Crippen molar-refractivity contribution >= 4 is 5.97 Å². The highest BCUT2D eigenvalue weighted by molar-refractivity contribution is 5.76. The van der Waals surface area contributed by atoms with Crippen LogP contribution in [0.15, 0.2) is 0 Å². The Morgan fingerprint density at radius 3 is 1.78 bits per heavy atom. The van der Waals surface area contributed by atoms with Crippen LogP contribution in [0.1, 0.15) is 73.1 Å². The van der Waals surface area contributed by atoms with Crippen LogP contribution >= 0.6 is 0 Å². The zero-order chi connectivity index (χ0) is 24.6. The highest BCUT2D eigenvalue weighted by atomic mass is 19.4. The average molecular weight is 474 g/mol. The molecule has 1 N–H and O–H groups in total. The molecule has 2 unspecified atom stereocenters. The van der Waals surface area contributed by atoms with E-state index in [2.05, 4.69) is 0 Å². The summed E-state index contributed by atoms with van der Waals surface area (Å²) < 4.78 is 90.2. The molecule has 0 spiro atoms. The van der Waals surface area contributed by atoms with Gasteiger partial charge in [-0.15, -0.1) is 0 Å². The van der Waals surface area contributed by atoms with Gasteiger partial charge in [-0.3, -0.25) is 4.79 Å². The number of esters is 1. The van der Waals surface area contributed by atoms with E-state index in [-0.39, 0.29) is 17.8 Å². The van der Waals surface area contributed by atoms with E-state index in [1.54, 1.807) is 20.8 Å². The fourth-order valence-corrected chi connectivity index (χ4v) is 6.11. The topological polar surface area (TPSA) is 55.8 Å². The molecule has 4 bridgehead atoms. The number of rotatable bonds is 5. The summed E-state index contributed by atoms with van der Waals surface area (Å²) in [4.78, 5) is 12.6. The van der Waals surface area contributed by atoms with E-state index in [4.69, 9.17) is 9.47 Å². The number of aliphatic hydroxyl groups is 1. The van der Waals surface area contributed by atoms with Gasteiger partial charge in [-0.2, -0.15) is 26.3 Å². The minimum atomic E-state index is -5.94. The second kappa shape index (κ2) is 7.23. The monoisotopic (exact) mass is 474 g/mol. The van der Waals surface area contributed by atoms with Crippen LogP contribution in [-0.2, 0) is 14.3 Å². The molecule has 32 heavy (non-hydrogen) atoms. The first-order chi connectivity index (χ1) is 14.2. The van der Waals surface area contributed by atoms with E-state index < -0.39 is 46.6 Å². The molecule has 4 nitrogen and oxygen atoms in total. The lowest BCUT2D eigenvalue weighted by Crippen LogP contribution is -2.66. The smallest absolute Gasteiger partial charge is 0.428 e. The number of carbonyl (C=O) groups excluding carboxylic acids is 1. The maximum atomic E-state index is 13.1. The van der Waals surface area contributed by atoms with E-state index in [1.165, 1.54) is 13.8 Å². The van der Waals surface area contributed by atoms with Gasteiger partial charge >= 0.3 is 18.3 Å². The van der Waals surface area contributed by atoms with Crippen molar-refractivity contribution in [2.45, 2.75) is 102 Å². The van der Waals surface area contributed by atoms with Crippen LogP contribution < -0.4 is 0 Å². The molecule has 0 heterocycles. The van der Waals surface area contributed by atoms with E-state index in [0.29, 0.717) is 32.1 Å². The SMILES string of the molecule is CC(C)(C)C(=O)OC12CC3CC(C1)CC(C(C)(C)OCC(O)(C(F)(F)F)C(F)(F)F)(C3)C2. The summed E-state index contributed by atoms with van der Waals surface area (Å²) in [5.41, 5.74) is -8.66. The van der Waals surface area contributed by atoms with Crippen molar-refractivity contribution in [1.29, 1.82) is 0 Å². The quantitative estimate of drug-likeness (QED) is 0.418. The molecular weight excluding hydrogens is 442 g/mol. The molecule has 0 aromatic heterocycles. The molecule has 0 aromatic rings. The molecular formula is C22H32F6O4. The molecule has 0 aromatic carbocycles. The summed E-state index contributed by atoms with van der Waals surface area (Å²) in [5.74, 6) is -0.0798. The Morgan fingerprint density at radius 2 is 1.38 bits per heavy atom. The number of ether oxygens (including phenoxy) is 2. The van der Waals surface area contributed by atoms with Crippen molar-refractivity contribution in [1.82, 2.24) is 0 Å². The minimum absolute atomic E-state index is 0.149. The third-order valence-corrected chi connectivity index (χ3v) is 7.79. The number of hydrogen-bond acceptors (Lipinski definition) is 4. The van der Waals surface area contributed by atoms with Gasteiger partial charge in [-0.25, -0.2) is 0 Å². The maximum Gasteiger partial charge on any atom is 0.428 e. The van der Waals surface area contributed by atoms with Crippen LogP contribution in [0.4, 0.5) is 26.3 Å². The largest absolute Gasteiger partial charge is 0.459 e. The molecule has 186 valence electrons. The predicted molar refractivity (Wildman–Crippen MR) is 102 cm³/mol. The first kappa shape index (κ1) is 25.6. The molecule has 10 heteroatoms. The second-order valence-electron chi connectivity index (χ2n) is 11.7. The van der Waals surface area contributed by atoms with Crippen molar-refractivity contribution in [3.63, 3.8) is 0 Å². The summed E-state index contributed by atoms with van der Waals surface area (Å²) in [6, 6.07) is 0. The predicted octanol–water partition coefficient (Wildman–Crippen LogP) is 5.57. The van der Waals surface area contributed by atoms with Crippen molar-refractivity contribution < 1.29 is 45.7 Å². The van der Waals surface area contributed by atoms with Gasteiger partial charge in [0.05, 0.1) is 17.6 Å². The molecule has 4 aliphatic carbocycles. The molecule has 0 aliphatic heterocycles. The summed E-state index contributed by atoms with van der Waals surface area (Å²) in [6.07, 6.45) is -8.25. The van der Waals surface area contributed by atoms with E-state index >= 15 is 0 Å². The molecule has 0 radical (unpaired) electrons.